The maximum Gasteiger partial charge on any atom is 0.243 e. The number of hydrogen-bond acceptors (Lipinski definition) is 4. The van der Waals surface area contributed by atoms with Crippen LogP contribution in [0.2, 0.25) is 0 Å². The van der Waals surface area contributed by atoms with Crippen LogP contribution >= 0.6 is 11.8 Å². The second-order valence-electron chi connectivity index (χ2n) is 6.05. The minimum atomic E-state index is -3.28. The number of rotatable bonds is 5. The fourth-order valence-electron chi connectivity index (χ4n) is 3.02. The van der Waals surface area contributed by atoms with Gasteiger partial charge < -0.3 is 5.32 Å². The van der Waals surface area contributed by atoms with Crippen LogP contribution in [-0.4, -0.2) is 43.4 Å². The van der Waals surface area contributed by atoms with Gasteiger partial charge in [-0.3, -0.25) is 0 Å². The third-order valence-electron chi connectivity index (χ3n) is 4.38. The van der Waals surface area contributed by atoms with Gasteiger partial charge in [0.2, 0.25) is 10.0 Å². The lowest BCUT2D eigenvalue weighted by atomic mass is 10.1. The van der Waals surface area contributed by atoms with E-state index in [1.165, 1.54) is 24.3 Å². The van der Waals surface area contributed by atoms with E-state index in [1.807, 2.05) is 23.9 Å². The summed E-state index contributed by atoms with van der Waals surface area (Å²) >= 11 is 2.01. The summed E-state index contributed by atoms with van der Waals surface area (Å²) in [5.41, 5.74) is 1.15. The standard InChI is InChI=1S/C16H24N2O2S2/c19-22(20,18-9-1-2-10-18)16-7-5-14(6-8-16)12-17-15-4-3-11-21-13-15/h5-8,15,17H,1-4,9-13H2. The summed E-state index contributed by atoms with van der Waals surface area (Å²) in [6, 6.07) is 7.96. The van der Waals surface area contributed by atoms with Gasteiger partial charge in [-0.1, -0.05) is 12.1 Å². The molecule has 1 unspecified atom stereocenters. The highest BCUT2D eigenvalue weighted by atomic mass is 32.2. The summed E-state index contributed by atoms with van der Waals surface area (Å²) in [6.07, 6.45) is 4.48. The lowest BCUT2D eigenvalue weighted by molar-refractivity contribution is 0.477. The van der Waals surface area contributed by atoms with Gasteiger partial charge in [0.15, 0.2) is 0 Å². The third kappa shape index (κ3) is 3.85. The molecule has 1 aromatic rings. The average Bonchev–Trinajstić information content (AvgIpc) is 3.10. The Morgan fingerprint density at radius 2 is 1.86 bits per heavy atom. The predicted octanol–water partition coefficient (Wildman–Crippen LogP) is 2.46. The number of sulfonamides is 1. The first-order valence-electron chi connectivity index (χ1n) is 8.06. The normalized spacial score (nSPS) is 23.7. The molecule has 2 saturated heterocycles. The minimum absolute atomic E-state index is 0.423. The van der Waals surface area contributed by atoms with E-state index in [4.69, 9.17) is 0 Å². The molecule has 0 aromatic heterocycles. The van der Waals surface area contributed by atoms with Crippen molar-refractivity contribution in [2.24, 2.45) is 0 Å². The lowest BCUT2D eigenvalue weighted by Gasteiger charge is -2.22. The molecule has 2 fully saturated rings. The molecular formula is C16H24N2O2S2. The molecule has 2 aliphatic rings. The Balaban J connectivity index is 1.60. The molecule has 0 bridgehead atoms. The number of nitrogens with zero attached hydrogens (tertiary/aromatic N) is 1. The molecule has 0 saturated carbocycles. The molecule has 1 atom stereocenters. The summed E-state index contributed by atoms with van der Waals surface area (Å²) < 4.78 is 26.5. The van der Waals surface area contributed by atoms with Gasteiger partial charge in [-0.2, -0.15) is 16.1 Å². The van der Waals surface area contributed by atoms with E-state index in [-0.39, 0.29) is 0 Å². The van der Waals surface area contributed by atoms with Crippen LogP contribution in [-0.2, 0) is 16.6 Å². The fourth-order valence-corrected chi connectivity index (χ4v) is 5.64. The van der Waals surface area contributed by atoms with Gasteiger partial charge in [-0.25, -0.2) is 8.42 Å². The van der Waals surface area contributed by atoms with E-state index < -0.39 is 10.0 Å². The van der Waals surface area contributed by atoms with Crippen molar-refractivity contribution in [2.45, 2.75) is 43.2 Å². The van der Waals surface area contributed by atoms with Crippen LogP contribution in [0.4, 0.5) is 0 Å². The van der Waals surface area contributed by atoms with Gasteiger partial charge >= 0.3 is 0 Å². The van der Waals surface area contributed by atoms with Gasteiger partial charge in [-0.15, -0.1) is 0 Å². The van der Waals surface area contributed by atoms with Gasteiger partial charge in [0, 0.05) is 31.4 Å². The summed E-state index contributed by atoms with van der Waals surface area (Å²) in [6.45, 7) is 2.13. The van der Waals surface area contributed by atoms with E-state index in [0.29, 0.717) is 24.0 Å². The van der Waals surface area contributed by atoms with E-state index >= 15 is 0 Å². The molecule has 2 aliphatic heterocycles. The van der Waals surface area contributed by atoms with Crippen LogP contribution in [0.5, 0.6) is 0 Å². The molecule has 6 heteroatoms. The molecule has 0 amide bonds. The molecule has 2 heterocycles. The predicted molar refractivity (Wildman–Crippen MR) is 91.6 cm³/mol. The van der Waals surface area contributed by atoms with Crippen LogP contribution < -0.4 is 5.32 Å². The number of hydrogen-bond donors (Lipinski definition) is 1. The zero-order valence-corrected chi connectivity index (χ0v) is 14.5. The Hall–Kier alpha value is -0.560. The second kappa shape index (κ2) is 7.34. The second-order valence-corrected chi connectivity index (χ2v) is 9.14. The Kier molecular flexibility index (Phi) is 5.44. The van der Waals surface area contributed by atoms with Crippen molar-refractivity contribution in [3.05, 3.63) is 29.8 Å². The van der Waals surface area contributed by atoms with Crippen LogP contribution in [0.15, 0.2) is 29.2 Å². The first-order valence-corrected chi connectivity index (χ1v) is 10.7. The molecule has 1 aromatic carbocycles. The maximum absolute atomic E-state index is 12.5. The van der Waals surface area contributed by atoms with Gasteiger partial charge in [-0.05, 0) is 49.1 Å². The Morgan fingerprint density at radius 3 is 2.50 bits per heavy atom. The zero-order valence-electron chi connectivity index (χ0n) is 12.8. The van der Waals surface area contributed by atoms with E-state index in [1.54, 1.807) is 16.4 Å². The highest BCUT2D eigenvalue weighted by Gasteiger charge is 2.26. The van der Waals surface area contributed by atoms with Gasteiger partial charge in [0.1, 0.15) is 0 Å². The number of nitrogens with one attached hydrogen (secondary N) is 1. The molecule has 0 radical (unpaired) electrons. The van der Waals surface area contributed by atoms with Crippen molar-refractivity contribution in [1.29, 1.82) is 0 Å². The fraction of sp³-hybridized carbons (Fsp3) is 0.625. The molecule has 3 rings (SSSR count). The quantitative estimate of drug-likeness (QED) is 0.894. The van der Waals surface area contributed by atoms with Crippen LogP contribution in [0.3, 0.4) is 0 Å². The van der Waals surface area contributed by atoms with Gasteiger partial charge in [0.05, 0.1) is 4.90 Å². The van der Waals surface area contributed by atoms with Crippen LogP contribution in [0, 0.1) is 0 Å². The van der Waals surface area contributed by atoms with E-state index in [2.05, 4.69) is 5.32 Å². The Morgan fingerprint density at radius 1 is 1.14 bits per heavy atom. The SMILES string of the molecule is O=S(=O)(c1ccc(CNC2CCCSC2)cc1)N1CCCC1. The molecule has 1 N–H and O–H groups in total. The molecule has 0 spiro atoms. The largest absolute Gasteiger partial charge is 0.309 e. The first-order chi connectivity index (χ1) is 10.7. The minimum Gasteiger partial charge on any atom is -0.309 e. The monoisotopic (exact) mass is 340 g/mol. The third-order valence-corrected chi connectivity index (χ3v) is 7.51. The smallest absolute Gasteiger partial charge is 0.243 e. The summed E-state index contributed by atoms with van der Waals surface area (Å²) in [5.74, 6) is 2.46. The van der Waals surface area contributed by atoms with E-state index in [9.17, 15) is 8.42 Å². The summed E-state index contributed by atoms with van der Waals surface area (Å²) in [4.78, 5) is 0.423. The topological polar surface area (TPSA) is 49.4 Å². The van der Waals surface area contributed by atoms with E-state index in [0.717, 1.165) is 24.9 Å². The lowest BCUT2D eigenvalue weighted by Crippen LogP contribution is -2.33. The van der Waals surface area contributed by atoms with Crippen molar-refractivity contribution in [1.82, 2.24) is 9.62 Å². The first kappa shape index (κ1) is 16.3. The highest BCUT2D eigenvalue weighted by Crippen LogP contribution is 2.21. The maximum atomic E-state index is 12.5. The molecule has 22 heavy (non-hydrogen) atoms. The highest BCUT2D eigenvalue weighted by molar-refractivity contribution is 7.99. The Bertz CT molecular complexity index is 575. The number of thioether (sulfide) groups is 1. The molecular weight excluding hydrogens is 316 g/mol. The van der Waals surface area contributed by atoms with Crippen molar-refractivity contribution < 1.29 is 8.42 Å². The molecule has 122 valence electrons. The average molecular weight is 341 g/mol. The van der Waals surface area contributed by atoms with Crippen molar-refractivity contribution in [2.75, 3.05) is 24.6 Å². The molecule has 0 aliphatic carbocycles. The van der Waals surface area contributed by atoms with Gasteiger partial charge in [0.25, 0.3) is 0 Å². The van der Waals surface area contributed by atoms with Crippen molar-refractivity contribution >= 4 is 21.8 Å². The van der Waals surface area contributed by atoms with Crippen LogP contribution in [0.1, 0.15) is 31.2 Å². The van der Waals surface area contributed by atoms with Crippen molar-refractivity contribution in [3.8, 4) is 0 Å². The molecule has 4 nitrogen and oxygen atoms in total. The summed E-state index contributed by atoms with van der Waals surface area (Å²) in [7, 11) is -3.28. The Labute approximate surface area is 137 Å². The zero-order chi connectivity index (χ0) is 15.4. The summed E-state index contributed by atoms with van der Waals surface area (Å²) in [5, 5.41) is 3.57. The number of benzene rings is 1. The van der Waals surface area contributed by atoms with Crippen LogP contribution in [0.25, 0.3) is 0 Å². The van der Waals surface area contributed by atoms with Crippen molar-refractivity contribution in [3.63, 3.8) is 0 Å².